The summed E-state index contributed by atoms with van der Waals surface area (Å²) in [5.41, 5.74) is 2.82. The number of esters is 1. The monoisotopic (exact) mass is 383 g/mol. The molecule has 6 nitrogen and oxygen atoms in total. The first kappa shape index (κ1) is 21.0. The Morgan fingerprint density at radius 3 is 2.50 bits per heavy atom. The molecule has 0 saturated heterocycles. The summed E-state index contributed by atoms with van der Waals surface area (Å²) in [4.78, 5) is 24.1. The van der Waals surface area contributed by atoms with Crippen molar-refractivity contribution in [2.45, 2.75) is 26.5 Å². The highest BCUT2D eigenvalue weighted by molar-refractivity contribution is 5.90. The summed E-state index contributed by atoms with van der Waals surface area (Å²) < 4.78 is 15.6. The maximum Gasteiger partial charge on any atom is 0.331 e. The zero-order valence-electron chi connectivity index (χ0n) is 16.5. The van der Waals surface area contributed by atoms with Crippen molar-refractivity contribution in [1.29, 1.82) is 0 Å². The summed E-state index contributed by atoms with van der Waals surface area (Å²) in [6, 6.07) is 13.1. The molecule has 148 valence electrons. The van der Waals surface area contributed by atoms with E-state index in [-0.39, 0.29) is 12.5 Å². The van der Waals surface area contributed by atoms with E-state index in [4.69, 9.17) is 14.2 Å². The minimum Gasteiger partial charge on any atom is -0.493 e. The number of amides is 1. The smallest absolute Gasteiger partial charge is 0.331 e. The molecule has 0 unspecified atom stereocenters. The fourth-order valence-electron chi connectivity index (χ4n) is 2.53. The van der Waals surface area contributed by atoms with Crippen LogP contribution in [0.3, 0.4) is 0 Å². The predicted molar refractivity (Wildman–Crippen MR) is 107 cm³/mol. The quantitative estimate of drug-likeness (QED) is 0.559. The third-order valence-electron chi connectivity index (χ3n) is 4.03. The lowest BCUT2D eigenvalue weighted by Gasteiger charge is -2.13. The van der Waals surface area contributed by atoms with Gasteiger partial charge in [0.1, 0.15) is 0 Å². The first-order chi connectivity index (χ1) is 13.4. The van der Waals surface area contributed by atoms with Crippen molar-refractivity contribution in [3.8, 4) is 11.5 Å². The largest absolute Gasteiger partial charge is 0.493 e. The van der Waals surface area contributed by atoms with Crippen LogP contribution in [0.25, 0.3) is 6.08 Å². The molecular weight excluding hydrogens is 358 g/mol. The highest BCUT2D eigenvalue weighted by Gasteiger charge is 2.16. The normalized spacial score (nSPS) is 11.7. The van der Waals surface area contributed by atoms with E-state index in [0.717, 1.165) is 16.7 Å². The van der Waals surface area contributed by atoms with Crippen LogP contribution in [0.2, 0.25) is 0 Å². The average Bonchev–Trinajstić information content (AvgIpc) is 2.70. The van der Waals surface area contributed by atoms with E-state index in [9.17, 15) is 9.59 Å². The fraction of sp³-hybridized carbons (Fsp3) is 0.273. The maximum atomic E-state index is 12.2. The van der Waals surface area contributed by atoms with Crippen LogP contribution >= 0.6 is 0 Å². The van der Waals surface area contributed by atoms with E-state index in [1.165, 1.54) is 13.0 Å². The number of benzene rings is 2. The number of nitrogens with one attached hydrogen (secondary N) is 1. The van der Waals surface area contributed by atoms with Gasteiger partial charge in [-0.2, -0.15) is 0 Å². The number of carbonyl (C=O) groups is 2. The van der Waals surface area contributed by atoms with Crippen molar-refractivity contribution < 1.29 is 23.8 Å². The predicted octanol–water partition coefficient (Wildman–Crippen LogP) is 3.27. The third-order valence-corrected chi connectivity index (χ3v) is 4.03. The highest BCUT2D eigenvalue weighted by atomic mass is 16.5. The van der Waals surface area contributed by atoms with Gasteiger partial charge in [-0.25, -0.2) is 4.79 Å². The Labute approximate surface area is 165 Å². The van der Waals surface area contributed by atoms with Gasteiger partial charge in [-0.3, -0.25) is 4.79 Å². The molecule has 1 N–H and O–H groups in total. The molecule has 0 radical (unpaired) electrons. The minimum atomic E-state index is -0.908. The highest BCUT2D eigenvalue weighted by Crippen LogP contribution is 2.27. The van der Waals surface area contributed by atoms with Crippen LogP contribution in [0.15, 0.2) is 48.5 Å². The van der Waals surface area contributed by atoms with Gasteiger partial charge >= 0.3 is 5.97 Å². The second-order valence-electron chi connectivity index (χ2n) is 6.23. The molecule has 2 aromatic carbocycles. The van der Waals surface area contributed by atoms with E-state index in [2.05, 4.69) is 5.32 Å². The van der Waals surface area contributed by atoms with Crippen LogP contribution < -0.4 is 14.8 Å². The van der Waals surface area contributed by atoms with Gasteiger partial charge in [-0.1, -0.05) is 35.9 Å². The molecule has 28 heavy (non-hydrogen) atoms. The zero-order valence-corrected chi connectivity index (χ0v) is 16.5. The molecule has 0 spiro atoms. The van der Waals surface area contributed by atoms with E-state index in [0.29, 0.717) is 11.5 Å². The summed E-state index contributed by atoms with van der Waals surface area (Å²) in [6.45, 7) is 3.78. The molecule has 1 atom stereocenters. The van der Waals surface area contributed by atoms with Crippen molar-refractivity contribution in [2.24, 2.45) is 0 Å². The van der Waals surface area contributed by atoms with E-state index >= 15 is 0 Å². The fourth-order valence-corrected chi connectivity index (χ4v) is 2.53. The second-order valence-corrected chi connectivity index (χ2v) is 6.23. The molecule has 2 aromatic rings. The number of hydrogen-bond acceptors (Lipinski definition) is 5. The van der Waals surface area contributed by atoms with Gasteiger partial charge < -0.3 is 19.5 Å². The average molecular weight is 383 g/mol. The van der Waals surface area contributed by atoms with Crippen LogP contribution in [-0.4, -0.2) is 32.2 Å². The van der Waals surface area contributed by atoms with E-state index < -0.39 is 12.1 Å². The van der Waals surface area contributed by atoms with Gasteiger partial charge in [0.05, 0.1) is 14.2 Å². The standard InChI is InChI=1S/C22H25NO5/c1-15-6-5-7-17(12-15)9-11-21(24)28-16(2)22(25)23-14-18-8-10-19(26-3)20(13-18)27-4/h5-13,16H,14H2,1-4H3,(H,23,25)/b11-9+/t16-/m1/s1. The summed E-state index contributed by atoms with van der Waals surface area (Å²) in [5, 5.41) is 2.74. The van der Waals surface area contributed by atoms with Crippen molar-refractivity contribution in [1.82, 2.24) is 5.32 Å². The van der Waals surface area contributed by atoms with Gasteiger partial charge in [0.25, 0.3) is 5.91 Å². The third kappa shape index (κ3) is 6.16. The Morgan fingerprint density at radius 2 is 1.82 bits per heavy atom. The lowest BCUT2D eigenvalue weighted by molar-refractivity contribution is -0.150. The summed E-state index contributed by atoms with van der Waals surface area (Å²) >= 11 is 0. The van der Waals surface area contributed by atoms with Gasteiger partial charge in [0.15, 0.2) is 17.6 Å². The molecule has 0 heterocycles. The Balaban J connectivity index is 1.86. The van der Waals surface area contributed by atoms with E-state index in [1.807, 2.05) is 37.3 Å². The second kappa shape index (κ2) is 10.2. The van der Waals surface area contributed by atoms with Crippen molar-refractivity contribution in [3.05, 3.63) is 65.2 Å². The summed E-state index contributed by atoms with van der Waals surface area (Å²) in [7, 11) is 3.11. The number of ether oxygens (including phenoxy) is 3. The molecule has 1 amide bonds. The molecule has 0 bridgehead atoms. The molecule has 0 aliphatic heterocycles. The Kier molecular flexibility index (Phi) is 7.63. The van der Waals surface area contributed by atoms with Crippen LogP contribution in [0.1, 0.15) is 23.6 Å². The number of carbonyl (C=O) groups excluding carboxylic acids is 2. The Hall–Kier alpha value is -3.28. The lowest BCUT2D eigenvalue weighted by atomic mass is 10.1. The first-order valence-electron chi connectivity index (χ1n) is 8.87. The van der Waals surface area contributed by atoms with Crippen molar-refractivity contribution in [3.63, 3.8) is 0 Å². The SMILES string of the molecule is COc1ccc(CNC(=O)[C@@H](C)OC(=O)/C=C/c2cccc(C)c2)cc1OC. The maximum absolute atomic E-state index is 12.2. The Bertz CT molecular complexity index is 860. The van der Waals surface area contributed by atoms with Gasteiger partial charge in [0.2, 0.25) is 0 Å². The van der Waals surface area contributed by atoms with Gasteiger partial charge in [-0.05, 0) is 43.2 Å². The lowest BCUT2D eigenvalue weighted by Crippen LogP contribution is -2.35. The molecular formula is C22H25NO5. The number of hydrogen-bond donors (Lipinski definition) is 1. The number of methoxy groups -OCH3 is 2. The first-order valence-corrected chi connectivity index (χ1v) is 8.87. The molecule has 2 rings (SSSR count). The summed E-state index contributed by atoms with van der Waals surface area (Å²) in [6.07, 6.45) is 2.06. The zero-order chi connectivity index (χ0) is 20.5. The van der Waals surface area contributed by atoms with E-state index in [1.54, 1.807) is 32.4 Å². The van der Waals surface area contributed by atoms with Gasteiger partial charge in [0, 0.05) is 12.6 Å². The van der Waals surface area contributed by atoms with Crippen molar-refractivity contribution in [2.75, 3.05) is 14.2 Å². The summed E-state index contributed by atoms with van der Waals surface area (Å²) in [5.74, 6) is 0.234. The van der Waals surface area contributed by atoms with Crippen LogP contribution in [0.4, 0.5) is 0 Å². The minimum absolute atomic E-state index is 0.278. The Morgan fingerprint density at radius 1 is 1.07 bits per heavy atom. The van der Waals surface area contributed by atoms with Gasteiger partial charge in [-0.15, -0.1) is 0 Å². The molecule has 0 aliphatic carbocycles. The number of aryl methyl sites for hydroxylation is 1. The molecule has 0 fully saturated rings. The molecule has 6 heteroatoms. The van der Waals surface area contributed by atoms with Crippen LogP contribution in [-0.2, 0) is 20.9 Å². The molecule has 0 aliphatic rings. The number of rotatable bonds is 8. The topological polar surface area (TPSA) is 73.9 Å². The van der Waals surface area contributed by atoms with Crippen molar-refractivity contribution >= 4 is 18.0 Å². The van der Waals surface area contributed by atoms with Crippen LogP contribution in [0, 0.1) is 6.92 Å². The van der Waals surface area contributed by atoms with Crippen LogP contribution in [0.5, 0.6) is 11.5 Å². The molecule has 0 aromatic heterocycles. The molecule has 0 saturated carbocycles.